The van der Waals surface area contributed by atoms with Gasteiger partial charge in [-0.1, -0.05) is 162 Å². The van der Waals surface area contributed by atoms with E-state index in [9.17, 15) is 34.1 Å². The lowest BCUT2D eigenvalue weighted by Gasteiger charge is -2.18. The summed E-state index contributed by atoms with van der Waals surface area (Å²) in [7, 11) is -4.78. The number of aliphatic hydroxyl groups is 1. The third kappa shape index (κ3) is 43.1. The molecule has 0 spiro atoms. The highest BCUT2D eigenvalue weighted by molar-refractivity contribution is 7.47. The number of nitrogens with one attached hydrogen (secondary N) is 1. The van der Waals surface area contributed by atoms with Crippen molar-refractivity contribution in [3.8, 4) is 0 Å². The first-order valence-corrected chi connectivity index (χ1v) is 24.8. The zero-order chi connectivity index (χ0) is 45.6. The molecule has 0 aromatic heterocycles. The number of phosphoric acid groups is 1. The molecule has 0 aromatic carbocycles. The number of rotatable bonds is 42. The summed E-state index contributed by atoms with van der Waals surface area (Å²) in [6.45, 7) is 2.39. The van der Waals surface area contributed by atoms with Crippen LogP contribution in [-0.4, -0.2) is 64.9 Å². The molecule has 0 rings (SSSR count). The van der Waals surface area contributed by atoms with Crippen molar-refractivity contribution in [1.82, 2.24) is 5.32 Å². The molecule has 0 saturated carbocycles. The van der Waals surface area contributed by atoms with Crippen molar-refractivity contribution < 1.29 is 47.8 Å². The molecule has 3 unspecified atom stereocenters. The second-order valence-corrected chi connectivity index (χ2v) is 16.7. The summed E-state index contributed by atoms with van der Waals surface area (Å²) in [5.41, 5.74) is 0. The molecule has 0 bridgehead atoms. The lowest BCUT2D eigenvalue weighted by atomic mass is 10.1. The molecule has 1 amide bonds. The van der Waals surface area contributed by atoms with E-state index in [0.29, 0.717) is 19.3 Å². The van der Waals surface area contributed by atoms with Crippen LogP contribution in [0.5, 0.6) is 0 Å². The molecule has 11 nitrogen and oxygen atoms in total. The van der Waals surface area contributed by atoms with E-state index in [-0.39, 0.29) is 12.8 Å². The second-order valence-electron chi connectivity index (χ2n) is 15.2. The van der Waals surface area contributed by atoms with E-state index in [2.05, 4.69) is 104 Å². The fourth-order valence-corrected chi connectivity index (χ4v) is 6.54. The predicted octanol–water partition coefficient (Wildman–Crippen LogP) is 12.4. The molecule has 0 heterocycles. The highest BCUT2D eigenvalue weighted by Gasteiger charge is 2.28. The molecule has 0 radical (unpaired) electrons. The molecular formula is C50H82NO10P. The van der Waals surface area contributed by atoms with Crippen molar-refractivity contribution in [2.75, 3.05) is 19.8 Å². The maximum atomic E-state index is 12.3. The van der Waals surface area contributed by atoms with Crippen molar-refractivity contribution in [1.29, 1.82) is 0 Å². The average molecular weight is 888 g/mol. The summed E-state index contributed by atoms with van der Waals surface area (Å²) < 4.78 is 26.8. The van der Waals surface area contributed by atoms with E-state index in [1.165, 1.54) is 51.4 Å². The summed E-state index contributed by atoms with van der Waals surface area (Å²) in [5, 5.41) is 21.8. The number of aliphatic carboxylic acids is 1. The molecule has 0 fully saturated rings. The van der Waals surface area contributed by atoms with E-state index in [1.54, 1.807) is 0 Å². The van der Waals surface area contributed by atoms with Gasteiger partial charge in [0.05, 0.1) is 13.2 Å². The van der Waals surface area contributed by atoms with Gasteiger partial charge in [0.2, 0.25) is 5.91 Å². The van der Waals surface area contributed by atoms with Crippen molar-refractivity contribution in [3.05, 3.63) is 97.2 Å². The third-order valence-electron chi connectivity index (χ3n) is 9.36. The van der Waals surface area contributed by atoms with Gasteiger partial charge in [0.15, 0.2) is 6.04 Å². The van der Waals surface area contributed by atoms with Gasteiger partial charge in [-0.25, -0.2) is 9.36 Å². The van der Waals surface area contributed by atoms with E-state index in [4.69, 9.17) is 13.8 Å². The maximum absolute atomic E-state index is 12.3. The van der Waals surface area contributed by atoms with Gasteiger partial charge in [0.25, 0.3) is 0 Å². The Morgan fingerprint density at radius 1 is 0.532 bits per heavy atom. The first kappa shape index (κ1) is 58.4. The SMILES string of the molecule is CC/C=C\C/C=C\C/C=C\C/C=C\C/C=C\CCCC(=O)NC(COP(=O)(O)OCC(O)COC(=O)CCCCCCCCCC/C=C\C/C=C\C/C=C\CCCCC)C(=O)O. The van der Waals surface area contributed by atoms with Gasteiger partial charge in [-0.05, 0) is 89.9 Å². The lowest BCUT2D eigenvalue weighted by Crippen LogP contribution is -2.43. The number of amides is 1. The van der Waals surface area contributed by atoms with Crippen LogP contribution < -0.4 is 5.32 Å². The molecule has 0 aliphatic heterocycles. The Balaban J connectivity index is 3.96. The van der Waals surface area contributed by atoms with Gasteiger partial charge in [0.1, 0.15) is 12.7 Å². The monoisotopic (exact) mass is 888 g/mol. The number of carbonyl (C=O) groups is 3. The molecule has 12 heteroatoms. The van der Waals surface area contributed by atoms with E-state index in [0.717, 1.165) is 70.6 Å². The van der Waals surface area contributed by atoms with Gasteiger partial charge in [-0.3, -0.25) is 18.6 Å². The van der Waals surface area contributed by atoms with Gasteiger partial charge in [0, 0.05) is 12.8 Å². The molecule has 0 aromatic rings. The summed E-state index contributed by atoms with van der Waals surface area (Å²) >= 11 is 0. The van der Waals surface area contributed by atoms with Gasteiger partial charge in [-0.2, -0.15) is 0 Å². The number of aliphatic hydroxyl groups excluding tert-OH is 1. The number of hydrogen-bond acceptors (Lipinski definition) is 8. The number of carboxylic acids is 1. The van der Waals surface area contributed by atoms with Crippen LogP contribution in [0.25, 0.3) is 0 Å². The maximum Gasteiger partial charge on any atom is 0.472 e. The van der Waals surface area contributed by atoms with E-state index in [1.807, 2.05) is 12.2 Å². The summed E-state index contributed by atoms with van der Waals surface area (Å²) in [6, 6.07) is -1.58. The number of hydrogen-bond donors (Lipinski definition) is 4. The quantitative estimate of drug-likeness (QED) is 0.0200. The van der Waals surface area contributed by atoms with E-state index >= 15 is 0 Å². The summed E-state index contributed by atoms with van der Waals surface area (Å²) in [5.74, 6) is -2.47. The zero-order valence-electron chi connectivity index (χ0n) is 38.1. The van der Waals surface area contributed by atoms with Crippen LogP contribution in [-0.2, 0) is 32.7 Å². The molecule has 3 atom stereocenters. The van der Waals surface area contributed by atoms with Crippen LogP contribution in [0.3, 0.4) is 0 Å². The molecule has 62 heavy (non-hydrogen) atoms. The van der Waals surface area contributed by atoms with Gasteiger partial charge < -0.3 is 25.2 Å². The van der Waals surface area contributed by atoms with Crippen LogP contribution in [0, 0.1) is 0 Å². The Bertz CT molecular complexity index is 1410. The minimum absolute atomic E-state index is 0.0613. The summed E-state index contributed by atoms with van der Waals surface area (Å²) in [4.78, 5) is 46.0. The second kappa shape index (κ2) is 44.0. The minimum Gasteiger partial charge on any atom is -0.480 e. The van der Waals surface area contributed by atoms with Crippen LogP contribution in [0.15, 0.2) is 97.2 Å². The van der Waals surface area contributed by atoms with Gasteiger partial charge >= 0.3 is 19.8 Å². The number of unbranched alkanes of at least 4 members (excludes halogenated alkanes) is 12. The number of phosphoric ester groups is 1. The topological polar surface area (TPSA) is 169 Å². The van der Waals surface area contributed by atoms with Gasteiger partial charge in [-0.15, -0.1) is 0 Å². The number of esters is 1. The van der Waals surface area contributed by atoms with Crippen LogP contribution in [0.1, 0.15) is 168 Å². The number of ether oxygens (including phenoxy) is 1. The number of carboxylic acid groups (broad SMARTS) is 1. The molecule has 352 valence electrons. The highest BCUT2D eigenvalue weighted by Crippen LogP contribution is 2.43. The molecular weight excluding hydrogens is 806 g/mol. The Morgan fingerprint density at radius 2 is 0.952 bits per heavy atom. The lowest BCUT2D eigenvalue weighted by molar-refractivity contribution is -0.147. The molecule has 0 aliphatic carbocycles. The largest absolute Gasteiger partial charge is 0.480 e. The first-order valence-electron chi connectivity index (χ1n) is 23.3. The first-order chi connectivity index (χ1) is 30.1. The fourth-order valence-electron chi connectivity index (χ4n) is 5.77. The Hall–Kier alpha value is -3.60. The van der Waals surface area contributed by atoms with Crippen molar-refractivity contribution in [2.45, 2.75) is 180 Å². The fraction of sp³-hybridized carbons (Fsp3) is 0.620. The normalized spacial score (nSPS) is 14.5. The van der Waals surface area contributed by atoms with Crippen molar-refractivity contribution >= 4 is 25.7 Å². The molecule has 4 N–H and O–H groups in total. The Morgan fingerprint density at radius 3 is 1.44 bits per heavy atom. The van der Waals surface area contributed by atoms with Crippen LogP contribution in [0.4, 0.5) is 0 Å². The zero-order valence-corrected chi connectivity index (χ0v) is 39.0. The predicted molar refractivity (Wildman–Crippen MR) is 254 cm³/mol. The standard InChI is InChI=1S/C50H82NO10P/c1-3-5-7-9-11-13-15-17-19-21-22-23-24-26-28-30-32-34-36-38-40-42-49(54)59-43-46(52)44-60-62(57,58)61-45-47(50(55)56)51-48(53)41-39-37-35-33-31-29-27-25-20-18-16-14-12-10-8-6-4-2/h6,8,11-14,17-20,22-23,27,29,33,35,46-47,52H,3-5,7,9-10,15-16,21,24-26,28,30-32,34,36-45H2,1-2H3,(H,51,53)(H,55,56)(H,57,58)/b8-6-,13-11-,14-12-,19-17-,20-18-,23-22-,29-27-,35-33-. The van der Waals surface area contributed by atoms with Crippen molar-refractivity contribution in [3.63, 3.8) is 0 Å². The van der Waals surface area contributed by atoms with E-state index < -0.39 is 57.6 Å². The number of allylic oxidation sites excluding steroid dienone is 16. The van der Waals surface area contributed by atoms with Crippen LogP contribution >= 0.6 is 7.82 Å². The van der Waals surface area contributed by atoms with Crippen molar-refractivity contribution in [2.24, 2.45) is 0 Å². The average Bonchev–Trinajstić information content (AvgIpc) is 3.25. The van der Waals surface area contributed by atoms with Crippen LogP contribution in [0.2, 0.25) is 0 Å². The summed E-state index contributed by atoms with van der Waals surface area (Å²) in [6.07, 6.45) is 55.8. The number of carbonyl (C=O) groups excluding carboxylic acids is 2. The highest BCUT2D eigenvalue weighted by atomic mass is 31.2. The Labute approximate surface area is 374 Å². The smallest absolute Gasteiger partial charge is 0.472 e. The Kier molecular flexibility index (Phi) is 41.5. The molecule has 0 aliphatic rings. The minimum atomic E-state index is -4.78. The third-order valence-corrected chi connectivity index (χ3v) is 10.3. The molecule has 0 saturated heterocycles.